The highest BCUT2D eigenvalue weighted by molar-refractivity contribution is 6.36. The van der Waals surface area contributed by atoms with Crippen molar-refractivity contribution in [3.05, 3.63) is 81.8 Å². The number of aryl methyl sites for hydroxylation is 1. The third-order valence-electron chi connectivity index (χ3n) is 6.32. The van der Waals surface area contributed by atoms with Gasteiger partial charge in [-0.3, -0.25) is 4.79 Å². The zero-order valence-electron chi connectivity index (χ0n) is 18.2. The number of fused-ring (bicyclic) bond motifs is 2. The second kappa shape index (κ2) is 8.87. The molecule has 2 aliphatic rings. The van der Waals surface area contributed by atoms with Gasteiger partial charge in [-0.25, -0.2) is 0 Å². The van der Waals surface area contributed by atoms with Gasteiger partial charge < -0.3 is 15.1 Å². The predicted octanol–water partition coefficient (Wildman–Crippen LogP) is 7.26. The second-order valence-electron chi connectivity index (χ2n) is 8.54. The summed E-state index contributed by atoms with van der Waals surface area (Å²) in [6.07, 6.45) is 8.20. The number of amides is 1. The summed E-state index contributed by atoms with van der Waals surface area (Å²) in [6.45, 7) is 2.20. The number of halogens is 1. The molecule has 2 heterocycles. The molecule has 0 spiro atoms. The lowest BCUT2D eigenvalue weighted by Gasteiger charge is -2.22. The Morgan fingerprint density at radius 3 is 2.78 bits per heavy atom. The van der Waals surface area contributed by atoms with Crippen molar-refractivity contribution in [3.8, 4) is 0 Å². The molecule has 0 saturated carbocycles. The van der Waals surface area contributed by atoms with E-state index >= 15 is 0 Å². The van der Waals surface area contributed by atoms with E-state index in [0.29, 0.717) is 10.6 Å². The number of carbonyl (C=O) groups excluding carboxylic acids is 1. The topological polar surface area (TPSA) is 54.3 Å². The molecule has 0 saturated heterocycles. The van der Waals surface area contributed by atoms with Crippen LogP contribution >= 0.6 is 11.6 Å². The van der Waals surface area contributed by atoms with E-state index in [2.05, 4.69) is 29.7 Å². The fourth-order valence-electron chi connectivity index (χ4n) is 4.85. The van der Waals surface area contributed by atoms with E-state index < -0.39 is 0 Å². The summed E-state index contributed by atoms with van der Waals surface area (Å²) in [5.74, 6) is 1.74. The predicted molar refractivity (Wildman–Crippen MR) is 131 cm³/mol. The number of carbonyl (C=O) groups is 1. The van der Waals surface area contributed by atoms with E-state index in [9.17, 15) is 4.79 Å². The lowest BCUT2D eigenvalue weighted by molar-refractivity contribution is -0.110. The van der Waals surface area contributed by atoms with E-state index in [4.69, 9.17) is 16.0 Å². The first kappa shape index (κ1) is 20.9. The number of hydrogen-bond donors (Lipinski definition) is 2. The summed E-state index contributed by atoms with van der Waals surface area (Å²) >= 11 is 6.24. The minimum Gasteiger partial charge on any atom is -0.461 e. The third-order valence-corrected chi connectivity index (χ3v) is 6.56. The molecule has 5 rings (SSSR count). The Morgan fingerprint density at radius 1 is 1.16 bits per heavy atom. The van der Waals surface area contributed by atoms with E-state index in [1.165, 1.54) is 17.5 Å². The Morgan fingerprint density at radius 2 is 1.97 bits per heavy atom. The molecular formula is C27H27ClN2O2. The molecule has 4 nitrogen and oxygen atoms in total. The van der Waals surface area contributed by atoms with Crippen LogP contribution in [0.3, 0.4) is 0 Å². The van der Waals surface area contributed by atoms with Crippen molar-refractivity contribution in [2.45, 2.75) is 51.5 Å². The van der Waals surface area contributed by atoms with Crippen molar-refractivity contribution >= 4 is 40.5 Å². The number of nitrogens with one attached hydrogen (secondary N) is 2. The van der Waals surface area contributed by atoms with Gasteiger partial charge in [-0.15, -0.1) is 0 Å². The highest BCUT2D eigenvalue weighted by Gasteiger charge is 2.30. The van der Waals surface area contributed by atoms with Gasteiger partial charge in [-0.1, -0.05) is 43.1 Å². The molecule has 3 aromatic rings. The van der Waals surface area contributed by atoms with E-state index in [-0.39, 0.29) is 11.9 Å². The summed E-state index contributed by atoms with van der Waals surface area (Å²) in [5, 5.41) is 7.28. The number of anilines is 2. The maximum absolute atomic E-state index is 12.8. The largest absolute Gasteiger partial charge is 0.461 e. The zero-order valence-corrected chi connectivity index (χ0v) is 19.0. The van der Waals surface area contributed by atoms with Crippen molar-refractivity contribution in [1.29, 1.82) is 0 Å². The molecular weight excluding hydrogens is 420 g/mol. The smallest absolute Gasteiger partial charge is 0.256 e. The highest BCUT2D eigenvalue weighted by atomic mass is 35.5. The molecule has 0 bridgehead atoms. The van der Waals surface area contributed by atoms with Gasteiger partial charge in [-0.2, -0.15) is 0 Å². The molecule has 1 unspecified atom stereocenters. The molecule has 164 valence electrons. The van der Waals surface area contributed by atoms with Crippen LogP contribution in [0.15, 0.2) is 52.9 Å². The lowest BCUT2D eigenvalue weighted by Crippen LogP contribution is -2.14. The van der Waals surface area contributed by atoms with Crippen LogP contribution in [-0.2, 0) is 17.6 Å². The van der Waals surface area contributed by atoms with E-state index in [0.717, 1.165) is 60.6 Å². The number of para-hydroxylation sites is 1. The fraction of sp³-hybridized carbons (Fsp3) is 0.296. The van der Waals surface area contributed by atoms with Crippen LogP contribution in [0.2, 0.25) is 5.02 Å². The molecule has 1 atom stereocenters. The summed E-state index contributed by atoms with van der Waals surface area (Å²) in [7, 11) is 0. The minimum absolute atomic E-state index is 0.114. The quantitative estimate of drug-likeness (QED) is 0.392. The van der Waals surface area contributed by atoms with Gasteiger partial charge >= 0.3 is 0 Å². The van der Waals surface area contributed by atoms with Crippen LogP contribution < -0.4 is 10.6 Å². The SMILES string of the molecule is CCCC(Nc1ccccc1)c1c(C=C2C(=O)Nc3ccc(Cl)cc32)oc2c1CCCC2. The van der Waals surface area contributed by atoms with E-state index in [1.807, 2.05) is 36.4 Å². The van der Waals surface area contributed by atoms with Crippen molar-refractivity contribution < 1.29 is 9.21 Å². The number of rotatable bonds is 6. The molecule has 0 radical (unpaired) electrons. The average molecular weight is 447 g/mol. The second-order valence-corrected chi connectivity index (χ2v) is 8.98. The lowest BCUT2D eigenvalue weighted by atomic mass is 9.89. The minimum atomic E-state index is -0.120. The molecule has 0 fully saturated rings. The van der Waals surface area contributed by atoms with E-state index in [1.54, 1.807) is 6.07 Å². The standard InChI is InChI=1S/C27H27ClN2O2/c1-2-8-23(29-18-9-4-3-5-10-18)26-19-11-6-7-12-24(19)32-25(26)16-21-20-15-17(28)13-14-22(20)30-27(21)31/h3-5,9-10,13-16,23,29H,2,6-8,11-12H2,1H3,(H,30,31). The molecule has 2 N–H and O–H groups in total. The Labute approximate surface area is 193 Å². The van der Waals surface area contributed by atoms with Gasteiger partial charge in [0.2, 0.25) is 0 Å². The first-order valence-corrected chi connectivity index (χ1v) is 11.8. The zero-order chi connectivity index (χ0) is 22.1. The Hall–Kier alpha value is -2.98. The molecule has 1 aliphatic carbocycles. The fourth-order valence-corrected chi connectivity index (χ4v) is 5.02. The summed E-state index contributed by atoms with van der Waals surface area (Å²) in [5.41, 5.74) is 5.81. The maximum Gasteiger partial charge on any atom is 0.256 e. The highest BCUT2D eigenvalue weighted by Crippen LogP contribution is 2.41. The van der Waals surface area contributed by atoms with Crippen LogP contribution in [0.4, 0.5) is 11.4 Å². The summed E-state index contributed by atoms with van der Waals surface area (Å²) in [6, 6.07) is 15.9. The van der Waals surface area contributed by atoms with Crippen LogP contribution in [0.25, 0.3) is 11.6 Å². The Bertz CT molecular complexity index is 1180. The third kappa shape index (κ3) is 3.95. The molecule has 1 aliphatic heterocycles. The molecule has 2 aromatic carbocycles. The first-order valence-electron chi connectivity index (χ1n) is 11.4. The first-order chi connectivity index (χ1) is 15.6. The van der Waals surface area contributed by atoms with Gasteiger partial charge in [0.25, 0.3) is 5.91 Å². The normalized spacial score (nSPS) is 17.1. The summed E-state index contributed by atoms with van der Waals surface area (Å²) in [4.78, 5) is 12.8. The van der Waals surface area contributed by atoms with Gasteiger partial charge in [0, 0.05) is 33.9 Å². The van der Waals surface area contributed by atoms with Crippen molar-refractivity contribution in [2.24, 2.45) is 0 Å². The van der Waals surface area contributed by atoms with Gasteiger partial charge in [-0.05, 0) is 67.7 Å². The van der Waals surface area contributed by atoms with Crippen LogP contribution in [-0.4, -0.2) is 5.91 Å². The number of benzene rings is 2. The van der Waals surface area contributed by atoms with Crippen molar-refractivity contribution in [1.82, 2.24) is 0 Å². The van der Waals surface area contributed by atoms with Crippen LogP contribution in [0.1, 0.15) is 66.9 Å². The number of hydrogen-bond acceptors (Lipinski definition) is 3. The van der Waals surface area contributed by atoms with Gasteiger partial charge in [0.05, 0.1) is 11.6 Å². The summed E-state index contributed by atoms with van der Waals surface area (Å²) < 4.78 is 6.43. The van der Waals surface area contributed by atoms with Crippen molar-refractivity contribution in [2.75, 3.05) is 10.6 Å². The number of furan rings is 1. The van der Waals surface area contributed by atoms with Crippen molar-refractivity contribution in [3.63, 3.8) is 0 Å². The maximum atomic E-state index is 12.8. The Balaban J connectivity index is 1.62. The molecule has 1 aromatic heterocycles. The van der Waals surface area contributed by atoms with Gasteiger partial charge in [0.1, 0.15) is 11.5 Å². The van der Waals surface area contributed by atoms with Crippen LogP contribution in [0, 0.1) is 0 Å². The molecule has 5 heteroatoms. The molecule has 1 amide bonds. The average Bonchev–Trinajstić information content (AvgIpc) is 3.31. The van der Waals surface area contributed by atoms with Gasteiger partial charge in [0.15, 0.2) is 0 Å². The molecule has 32 heavy (non-hydrogen) atoms. The monoisotopic (exact) mass is 446 g/mol. The Kier molecular flexibility index (Phi) is 5.79. The van der Waals surface area contributed by atoms with Crippen LogP contribution in [0.5, 0.6) is 0 Å².